The summed E-state index contributed by atoms with van der Waals surface area (Å²) in [6.45, 7) is 12.2. The molecule has 0 saturated carbocycles. The van der Waals surface area contributed by atoms with Crippen molar-refractivity contribution in [3.63, 3.8) is 0 Å². The van der Waals surface area contributed by atoms with E-state index in [1.165, 1.54) is 4.90 Å². The zero-order valence-corrected chi connectivity index (χ0v) is 23.9. The van der Waals surface area contributed by atoms with Gasteiger partial charge < -0.3 is 15.2 Å². The molecule has 3 N–H and O–H groups in total. The lowest BCUT2D eigenvalue weighted by molar-refractivity contribution is 0.0573. The van der Waals surface area contributed by atoms with Crippen LogP contribution >= 0.6 is 0 Å². The topological polar surface area (TPSA) is 131 Å². The zero-order chi connectivity index (χ0) is 28.5. The van der Waals surface area contributed by atoms with E-state index in [0.29, 0.717) is 30.2 Å². The van der Waals surface area contributed by atoms with Crippen LogP contribution in [0, 0.1) is 0 Å². The second-order valence-corrected chi connectivity index (χ2v) is 13.1. The number of carbonyl (C=O) groups excluding carboxylic acids is 2. The fourth-order valence-corrected chi connectivity index (χ4v) is 4.62. The number of nitrogens with two attached hydrogens (primary N) is 1. The molecule has 2 aromatic carbocycles. The maximum atomic E-state index is 12.2. The Balaban J connectivity index is 0.000000215. The number of fused-ring (bicyclic) bond motifs is 2. The third kappa shape index (κ3) is 8.01. The van der Waals surface area contributed by atoms with E-state index in [-0.39, 0.29) is 6.09 Å². The van der Waals surface area contributed by atoms with Gasteiger partial charge in [-0.15, -0.1) is 0 Å². The van der Waals surface area contributed by atoms with Crippen LogP contribution < -0.4 is 20.3 Å². The number of nitrogen functional groups attached to an aromatic ring is 1. The van der Waals surface area contributed by atoms with Crippen molar-refractivity contribution in [2.45, 2.75) is 65.6 Å². The Morgan fingerprint density at radius 2 is 1.26 bits per heavy atom. The van der Waals surface area contributed by atoms with Crippen LogP contribution in [0.15, 0.2) is 36.4 Å². The summed E-state index contributed by atoms with van der Waals surface area (Å²) in [6, 6.07) is 10.8. The van der Waals surface area contributed by atoms with E-state index in [9.17, 15) is 18.0 Å². The maximum absolute atomic E-state index is 12.2. The van der Waals surface area contributed by atoms with Gasteiger partial charge in [0.25, 0.3) is 0 Å². The monoisotopic (exact) mass is 546 g/mol. The molecule has 2 aliphatic rings. The Bertz CT molecular complexity index is 1310. The highest BCUT2D eigenvalue weighted by Crippen LogP contribution is 2.33. The molecule has 2 amide bonds. The molecule has 208 valence electrons. The molecular weight excluding hydrogens is 508 g/mol. The molecular formula is C27H38N4O6S. The Morgan fingerprint density at radius 3 is 1.71 bits per heavy atom. The molecule has 0 aromatic heterocycles. The molecule has 2 aliphatic heterocycles. The zero-order valence-electron chi connectivity index (χ0n) is 23.1. The highest BCUT2D eigenvalue weighted by Gasteiger charge is 2.30. The van der Waals surface area contributed by atoms with E-state index in [0.717, 1.165) is 35.9 Å². The molecule has 4 rings (SSSR count). The second kappa shape index (κ2) is 10.7. The fourth-order valence-electron chi connectivity index (χ4n) is 4.07. The van der Waals surface area contributed by atoms with Crippen molar-refractivity contribution in [2.24, 2.45) is 0 Å². The summed E-state index contributed by atoms with van der Waals surface area (Å²) in [5, 5.41) is 0. The first-order valence-electron chi connectivity index (χ1n) is 12.4. The molecule has 11 heteroatoms. The minimum atomic E-state index is -3.35. The normalized spacial score (nSPS) is 14.7. The number of rotatable bonds is 2. The van der Waals surface area contributed by atoms with Crippen LogP contribution in [0.4, 0.5) is 32.3 Å². The van der Waals surface area contributed by atoms with Gasteiger partial charge in [0.2, 0.25) is 10.0 Å². The van der Waals surface area contributed by atoms with Crippen LogP contribution in [0.3, 0.4) is 0 Å². The van der Waals surface area contributed by atoms with Crippen LogP contribution in [0.25, 0.3) is 0 Å². The van der Waals surface area contributed by atoms with E-state index in [1.807, 2.05) is 65.8 Å². The standard InChI is InChI=1S/C14H20N2O4S.C13H18N2O2/c1-14(2,3)20-13(17)16-8-7-10-5-6-11(9-12(10)16)15-21(4,18)19;1-13(2,3)17-12(16)15-7-6-9-4-5-10(14)8-11(9)15/h5-6,9,15H,7-8H2,1-4H3;4-5,8H,6-7,14H2,1-3H3. The molecule has 0 saturated heterocycles. The number of benzene rings is 2. The molecule has 0 spiro atoms. The van der Waals surface area contributed by atoms with E-state index < -0.39 is 27.3 Å². The van der Waals surface area contributed by atoms with Gasteiger partial charge in [0, 0.05) is 18.8 Å². The number of hydrogen-bond donors (Lipinski definition) is 2. The van der Waals surface area contributed by atoms with Crippen molar-refractivity contribution in [2.75, 3.05) is 39.6 Å². The van der Waals surface area contributed by atoms with Crippen LogP contribution in [0.5, 0.6) is 0 Å². The van der Waals surface area contributed by atoms with Gasteiger partial charge >= 0.3 is 12.2 Å². The van der Waals surface area contributed by atoms with E-state index in [1.54, 1.807) is 17.0 Å². The SMILES string of the molecule is CC(C)(C)OC(=O)N1CCc2ccc(N)cc21.CC(C)(C)OC(=O)N1CCc2ccc(NS(C)(=O)=O)cc21. The predicted molar refractivity (Wildman–Crippen MR) is 150 cm³/mol. The molecule has 0 radical (unpaired) electrons. The number of hydrogen-bond acceptors (Lipinski definition) is 7. The quantitative estimate of drug-likeness (QED) is 0.511. The summed E-state index contributed by atoms with van der Waals surface area (Å²) < 4.78 is 35.7. The molecule has 2 aromatic rings. The van der Waals surface area contributed by atoms with Gasteiger partial charge in [-0.25, -0.2) is 18.0 Å². The van der Waals surface area contributed by atoms with Crippen LogP contribution in [-0.2, 0) is 32.3 Å². The van der Waals surface area contributed by atoms with Crippen molar-refractivity contribution in [1.82, 2.24) is 0 Å². The fraction of sp³-hybridized carbons (Fsp3) is 0.481. The third-order valence-electron chi connectivity index (χ3n) is 5.52. The van der Waals surface area contributed by atoms with Crippen molar-refractivity contribution in [3.05, 3.63) is 47.5 Å². The second-order valence-electron chi connectivity index (χ2n) is 11.4. The Labute approximate surface area is 225 Å². The van der Waals surface area contributed by atoms with Crippen molar-refractivity contribution >= 4 is 45.0 Å². The average molecular weight is 547 g/mol. The number of sulfonamides is 1. The number of ether oxygens (including phenoxy) is 2. The largest absolute Gasteiger partial charge is 0.443 e. The van der Waals surface area contributed by atoms with Gasteiger partial charge in [-0.1, -0.05) is 12.1 Å². The van der Waals surface area contributed by atoms with Gasteiger partial charge in [-0.05, 0) is 89.8 Å². The van der Waals surface area contributed by atoms with Crippen molar-refractivity contribution < 1.29 is 27.5 Å². The summed E-state index contributed by atoms with van der Waals surface area (Å²) in [5.41, 5.74) is 9.52. The van der Waals surface area contributed by atoms with E-state index in [4.69, 9.17) is 15.2 Å². The smallest absolute Gasteiger partial charge is 0.414 e. The molecule has 2 heterocycles. The minimum absolute atomic E-state index is 0.304. The lowest BCUT2D eigenvalue weighted by Gasteiger charge is -2.25. The first-order chi connectivity index (χ1) is 17.4. The molecule has 0 aliphatic carbocycles. The molecule has 0 fully saturated rings. The highest BCUT2D eigenvalue weighted by atomic mass is 32.2. The Hall–Kier alpha value is -3.47. The predicted octanol–water partition coefficient (Wildman–Crippen LogP) is 4.92. The Morgan fingerprint density at radius 1 is 0.816 bits per heavy atom. The first-order valence-corrected chi connectivity index (χ1v) is 14.3. The van der Waals surface area contributed by atoms with Gasteiger partial charge in [-0.3, -0.25) is 14.5 Å². The maximum Gasteiger partial charge on any atom is 0.414 e. The minimum Gasteiger partial charge on any atom is -0.443 e. The van der Waals surface area contributed by atoms with Crippen LogP contribution in [0.1, 0.15) is 52.7 Å². The summed E-state index contributed by atoms with van der Waals surface area (Å²) in [4.78, 5) is 27.4. The first kappa shape index (κ1) is 29.1. The van der Waals surface area contributed by atoms with Crippen molar-refractivity contribution in [3.8, 4) is 0 Å². The summed E-state index contributed by atoms with van der Waals surface area (Å²) >= 11 is 0. The molecule has 0 bridgehead atoms. The van der Waals surface area contributed by atoms with Gasteiger partial charge in [0.05, 0.1) is 23.3 Å². The number of carbonyl (C=O) groups is 2. The lowest BCUT2D eigenvalue weighted by atomic mass is 10.1. The van der Waals surface area contributed by atoms with Gasteiger partial charge in [-0.2, -0.15) is 0 Å². The highest BCUT2D eigenvalue weighted by molar-refractivity contribution is 7.92. The number of nitrogens with zero attached hydrogens (tertiary/aromatic N) is 2. The number of nitrogens with one attached hydrogen (secondary N) is 1. The average Bonchev–Trinajstić information content (AvgIpc) is 3.34. The third-order valence-corrected chi connectivity index (χ3v) is 6.12. The van der Waals surface area contributed by atoms with E-state index in [2.05, 4.69) is 4.72 Å². The van der Waals surface area contributed by atoms with E-state index >= 15 is 0 Å². The van der Waals surface area contributed by atoms with Gasteiger partial charge in [0.1, 0.15) is 11.2 Å². The molecule has 0 unspecified atom stereocenters. The number of amides is 2. The van der Waals surface area contributed by atoms with Gasteiger partial charge in [0.15, 0.2) is 0 Å². The van der Waals surface area contributed by atoms with Crippen LogP contribution in [0.2, 0.25) is 0 Å². The summed E-state index contributed by atoms with van der Waals surface area (Å²) in [6.07, 6.45) is 1.95. The summed E-state index contributed by atoms with van der Waals surface area (Å²) in [5.74, 6) is 0. The lowest BCUT2D eigenvalue weighted by Crippen LogP contribution is -2.35. The van der Waals surface area contributed by atoms with Crippen molar-refractivity contribution in [1.29, 1.82) is 0 Å². The molecule has 10 nitrogen and oxygen atoms in total. The summed E-state index contributed by atoms with van der Waals surface area (Å²) in [7, 11) is -3.35. The Kier molecular flexibility index (Phi) is 8.21. The van der Waals surface area contributed by atoms with Crippen LogP contribution in [-0.4, -0.2) is 51.2 Å². The number of anilines is 4. The molecule has 0 atom stereocenters. The molecule has 38 heavy (non-hydrogen) atoms.